The standard InChI is InChI=1S/C15H20N2O2/c1-9-10(2)19-11(3)14(9)15(18)13(7-16)12-5-4-6-17-8-12/h4-6,8,13,15,18H,7,16H2,1-3H3. The third kappa shape index (κ3) is 2.55. The summed E-state index contributed by atoms with van der Waals surface area (Å²) in [6.45, 7) is 6.09. The monoisotopic (exact) mass is 260 g/mol. The fourth-order valence-corrected chi connectivity index (χ4v) is 2.49. The minimum absolute atomic E-state index is 0.178. The van der Waals surface area contributed by atoms with Crippen LogP contribution in [0.5, 0.6) is 0 Å². The maximum atomic E-state index is 10.6. The van der Waals surface area contributed by atoms with E-state index in [-0.39, 0.29) is 5.92 Å². The van der Waals surface area contributed by atoms with Crippen molar-refractivity contribution in [2.75, 3.05) is 6.54 Å². The highest BCUT2D eigenvalue weighted by Gasteiger charge is 2.27. The molecule has 19 heavy (non-hydrogen) atoms. The molecule has 0 aliphatic heterocycles. The van der Waals surface area contributed by atoms with Gasteiger partial charge in [0.15, 0.2) is 0 Å². The summed E-state index contributed by atoms with van der Waals surface area (Å²) in [6, 6.07) is 3.79. The highest BCUT2D eigenvalue weighted by molar-refractivity contribution is 5.36. The molecule has 0 bridgehead atoms. The molecule has 3 N–H and O–H groups in total. The molecule has 0 aliphatic carbocycles. The molecule has 0 fully saturated rings. The molecule has 2 aromatic heterocycles. The zero-order valence-corrected chi connectivity index (χ0v) is 11.6. The summed E-state index contributed by atoms with van der Waals surface area (Å²) in [6.07, 6.45) is 2.78. The Morgan fingerprint density at radius 1 is 1.32 bits per heavy atom. The van der Waals surface area contributed by atoms with Crippen molar-refractivity contribution >= 4 is 0 Å². The van der Waals surface area contributed by atoms with Gasteiger partial charge in [-0.1, -0.05) is 6.07 Å². The van der Waals surface area contributed by atoms with Gasteiger partial charge in [-0.3, -0.25) is 4.98 Å². The van der Waals surface area contributed by atoms with Crippen molar-refractivity contribution in [3.05, 3.63) is 52.7 Å². The molecule has 102 valence electrons. The Morgan fingerprint density at radius 3 is 2.53 bits per heavy atom. The first-order valence-electron chi connectivity index (χ1n) is 6.40. The third-order valence-electron chi connectivity index (χ3n) is 3.66. The predicted molar refractivity (Wildman–Crippen MR) is 73.9 cm³/mol. The van der Waals surface area contributed by atoms with E-state index in [4.69, 9.17) is 10.2 Å². The van der Waals surface area contributed by atoms with Crippen LogP contribution in [0.1, 0.15) is 40.2 Å². The molecule has 2 aromatic rings. The summed E-state index contributed by atoms with van der Waals surface area (Å²) in [7, 11) is 0. The number of rotatable bonds is 4. The topological polar surface area (TPSA) is 72.3 Å². The van der Waals surface area contributed by atoms with Crippen molar-refractivity contribution in [3.8, 4) is 0 Å². The lowest BCUT2D eigenvalue weighted by Gasteiger charge is -2.22. The molecule has 0 radical (unpaired) electrons. The maximum absolute atomic E-state index is 10.6. The third-order valence-corrected chi connectivity index (χ3v) is 3.66. The second kappa shape index (κ2) is 5.55. The van der Waals surface area contributed by atoms with Crippen LogP contribution in [0.2, 0.25) is 0 Å². The van der Waals surface area contributed by atoms with Crippen molar-refractivity contribution in [1.29, 1.82) is 0 Å². The molecular formula is C15H20N2O2. The van der Waals surface area contributed by atoms with Gasteiger partial charge in [-0.25, -0.2) is 0 Å². The summed E-state index contributed by atoms with van der Waals surface area (Å²) in [5.41, 5.74) is 8.61. The van der Waals surface area contributed by atoms with Crippen LogP contribution in [0.3, 0.4) is 0 Å². The molecule has 0 saturated heterocycles. The first kappa shape index (κ1) is 13.8. The molecule has 0 spiro atoms. The van der Waals surface area contributed by atoms with Crippen LogP contribution >= 0.6 is 0 Å². The lowest BCUT2D eigenvalue weighted by Crippen LogP contribution is -2.21. The summed E-state index contributed by atoms with van der Waals surface area (Å²) in [5, 5.41) is 10.6. The number of pyridine rings is 1. The van der Waals surface area contributed by atoms with Gasteiger partial charge in [0.05, 0.1) is 6.10 Å². The van der Waals surface area contributed by atoms with Gasteiger partial charge >= 0.3 is 0 Å². The minimum atomic E-state index is -0.674. The zero-order chi connectivity index (χ0) is 14.0. The van der Waals surface area contributed by atoms with Gasteiger partial charge in [0, 0.05) is 30.4 Å². The zero-order valence-electron chi connectivity index (χ0n) is 11.6. The average molecular weight is 260 g/mol. The fraction of sp³-hybridized carbons (Fsp3) is 0.400. The average Bonchev–Trinajstić information content (AvgIpc) is 2.65. The van der Waals surface area contributed by atoms with Crippen LogP contribution in [-0.2, 0) is 0 Å². The van der Waals surface area contributed by atoms with Crippen LogP contribution in [0, 0.1) is 20.8 Å². The Labute approximate surface area is 113 Å². The van der Waals surface area contributed by atoms with Crippen LogP contribution in [0.25, 0.3) is 0 Å². The van der Waals surface area contributed by atoms with Crippen molar-refractivity contribution in [2.24, 2.45) is 5.73 Å². The Morgan fingerprint density at radius 2 is 2.05 bits per heavy atom. The number of aliphatic hydroxyl groups is 1. The lowest BCUT2D eigenvalue weighted by atomic mass is 9.88. The number of aliphatic hydroxyl groups excluding tert-OH is 1. The lowest BCUT2D eigenvalue weighted by molar-refractivity contribution is 0.145. The van der Waals surface area contributed by atoms with E-state index in [2.05, 4.69) is 4.98 Å². The molecule has 2 atom stereocenters. The maximum Gasteiger partial charge on any atom is 0.107 e. The number of hydrogen-bond donors (Lipinski definition) is 2. The first-order valence-corrected chi connectivity index (χ1v) is 6.40. The van der Waals surface area contributed by atoms with Gasteiger partial charge in [-0.05, 0) is 38.0 Å². The largest absolute Gasteiger partial charge is 0.466 e. The van der Waals surface area contributed by atoms with E-state index in [1.807, 2.05) is 32.9 Å². The van der Waals surface area contributed by atoms with Crippen molar-refractivity contribution in [3.63, 3.8) is 0 Å². The van der Waals surface area contributed by atoms with E-state index in [1.54, 1.807) is 12.4 Å². The van der Waals surface area contributed by atoms with E-state index in [1.165, 1.54) is 0 Å². The van der Waals surface area contributed by atoms with Gasteiger partial charge < -0.3 is 15.3 Å². The molecule has 2 unspecified atom stereocenters. The Kier molecular flexibility index (Phi) is 4.02. The van der Waals surface area contributed by atoms with Crippen LogP contribution < -0.4 is 5.73 Å². The molecular weight excluding hydrogens is 240 g/mol. The molecule has 2 heterocycles. The van der Waals surface area contributed by atoms with E-state index in [0.717, 1.165) is 28.2 Å². The van der Waals surface area contributed by atoms with E-state index < -0.39 is 6.10 Å². The Hall–Kier alpha value is -1.65. The normalized spacial score (nSPS) is 14.4. The molecule has 4 nitrogen and oxygen atoms in total. The quantitative estimate of drug-likeness (QED) is 0.885. The number of nitrogens with two attached hydrogens (primary N) is 1. The van der Waals surface area contributed by atoms with Crippen LogP contribution in [0.4, 0.5) is 0 Å². The highest BCUT2D eigenvalue weighted by Crippen LogP contribution is 2.35. The van der Waals surface area contributed by atoms with Crippen molar-refractivity contribution in [2.45, 2.75) is 32.8 Å². The van der Waals surface area contributed by atoms with Crippen molar-refractivity contribution < 1.29 is 9.52 Å². The molecule has 0 amide bonds. The SMILES string of the molecule is Cc1oc(C)c(C(O)C(CN)c2cccnc2)c1C. The van der Waals surface area contributed by atoms with Gasteiger partial charge in [0.2, 0.25) is 0 Å². The Balaban J connectivity index is 2.39. The minimum Gasteiger partial charge on any atom is -0.466 e. The first-order chi connectivity index (χ1) is 9.06. The molecule has 0 saturated carbocycles. The van der Waals surface area contributed by atoms with Gasteiger partial charge in [0.1, 0.15) is 11.5 Å². The second-order valence-corrected chi connectivity index (χ2v) is 4.83. The van der Waals surface area contributed by atoms with Gasteiger partial charge in [-0.15, -0.1) is 0 Å². The summed E-state index contributed by atoms with van der Waals surface area (Å²) >= 11 is 0. The molecule has 4 heteroatoms. The second-order valence-electron chi connectivity index (χ2n) is 4.83. The van der Waals surface area contributed by atoms with E-state index in [0.29, 0.717) is 6.54 Å². The molecule has 0 aliphatic rings. The number of aryl methyl sites for hydroxylation is 2. The van der Waals surface area contributed by atoms with Crippen LogP contribution in [0.15, 0.2) is 28.9 Å². The molecule has 0 aromatic carbocycles. The fourth-order valence-electron chi connectivity index (χ4n) is 2.49. The van der Waals surface area contributed by atoms with E-state index >= 15 is 0 Å². The smallest absolute Gasteiger partial charge is 0.107 e. The Bertz CT molecular complexity index is 549. The summed E-state index contributed by atoms with van der Waals surface area (Å²) in [5.74, 6) is 1.42. The number of aromatic nitrogens is 1. The predicted octanol–water partition coefficient (Wildman–Crippen LogP) is 2.38. The number of nitrogens with zero attached hydrogens (tertiary/aromatic N) is 1. The number of furan rings is 1. The highest BCUT2D eigenvalue weighted by atomic mass is 16.3. The molecule has 2 rings (SSSR count). The number of hydrogen-bond acceptors (Lipinski definition) is 4. The van der Waals surface area contributed by atoms with Crippen LogP contribution in [-0.4, -0.2) is 16.6 Å². The van der Waals surface area contributed by atoms with Gasteiger partial charge in [0.25, 0.3) is 0 Å². The van der Waals surface area contributed by atoms with E-state index in [9.17, 15) is 5.11 Å². The summed E-state index contributed by atoms with van der Waals surface area (Å²) in [4.78, 5) is 4.09. The van der Waals surface area contributed by atoms with Gasteiger partial charge in [-0.2, -0.15) is 0 Å². The summed E-state index contributed by atoms with van der Waals surface area (Å²) < 4.78 is 5.58. The van der Waals surface area contributed by atoms with Crippen molar-refractivity contribution in [1.82, 2.24) is 4.98 Å².